The molecule has 5 rings (SSSR count). The molecule has 7 heteroatoms. The maximum absolute atomic E-state index is 13.1. The average molecular weight is 445 g/mol. The van der Waals surface area contributed by atoms with Crippen molar-refractivity contribution in [1.29, 1.82) is 0 Å². The summed E-state index contributed by atoms with van der Waals surface area (Å²) in [7, 11) is 0. The lowest BCUT2D eigenvalue weighted by Gasteiger charge is -2.09. The van der Waals surface area contributed by atoms with Crippen LogP contribution in [0.25, 0.3) is 27.2 Å². The molecule has 0 atom stereocenters. The van der Waals surface area contributed by atoms with Crippen LogP contribution in [0, 0.1) is 6.92 Å². The van der Waals surface area contributed by atoms with Crippen molar-refractivity contribution in [3.05, 3.63) is 94.5 Å². The number of hydrogen-bond donors (Lipinski definition) is 1. The lowest BCUT2D eigenvalue weighted by Crippen LogP contribution is -2.15. The van der Waals surface area contributed by atoms with E-state index in [1.54, 1.807) is 4.68 Å². The van der Waals surface area contributed by atoms with Gasteiger partial charge in [-0.1, -0.05) is 60.1 Å². The number of thiazole rings is 1. The standard InChI is InChI=1S/C24H17ClN4OS/c1-15-13-22(27-23(30)20-8-4-6-16-5-2-3-7-19(16)20)29(28-15)24-26-21(14-31-24)17-9-11-18(25)12-10-17/h2-14H,1H3,(H,27,30). The molecule has 0 fully saturated rings. The van der Waals surface area contributed by atoms with E-state index in [1.807, 2.05) is 85.1 Å². The summed E-state index contributed by atoms with van der Waals surface area (Å²) >= 11 is 7.45. The lowest BCUT2D eigenvalue weighted by atomic mass is 10.0. The van der Waals surface area contributed by atoms with Crippen LogP contribution in [0.1, 0.15) is 16.1 Å². The van der Waals surface area contributed by atoms with Crippen molar-refractivity contribution in [3.63, 3.8) is 0 Å². The molecule has 2 aromatic heterocycles. The molecule has 152 valence electrons. The third-order valence-electron chi connectivity index (χ3n) is 4.92. The first-order chi connectivity index (χ1) is 15.1. The smallest absolute Gasteiger partial charge is 0.257 e. The van der Waals surface area contributed by atoms with Gasteiger partial charge in [0.05, 0.1) is 11.4 Å². The van der Waals surface area contributed by atoms with Gasteiger partial charge in [0.2, 0.25) is 5.13 Å². The second-order valence-corrected chi connectivity index (χ2v) is 8.36. The van der Waals surface area contributed by atoms with Gasteiger partial charge < -0.3 is 5.32 Å². The van der Waals surface area contributed by atoms with E-state index >= 15 is 0 Å². The van der Waals surface area contributed by atoms with Gasteiger partial charge in [-0.25, -0.2) is 4.98 Å². The van der Waals surface area contributed by atoms with Crippen LogP contribution in [0.2, 0.25) is 5.02 Å². The highest BCUT2D eigenvalue weighted by atomic mass is 35.5. The molecule has 0 aliphatic rings. The number of nitrogens with zero attached hydrogens (tertiary/aromatic N) is 3. The number of anilines is 1. The summed E-state index contributed by atoms with van der Waals surface area (Å²) < 4.78 is 1.67. The molecule has 0 aliphatic carbocycles. The number of carbonyl (C=O) groups excluding carboxylic acids is 1. The highest BCUT2D eigenvalue weighted by Gasteiger charge is 2.16. The Morgan fingerprint density at radius 1 is 1.03 bits per heavy atom. The van der Waals surface area contributed by atoms with Crippen molar-refractivity contribution >= 4 is 45.4 Å². The van der Waals surface area contributed by atoms with Gasteiger partial charge in [-0.15, -0.1) is 11.3 Å². The fourth-order valence-electron chi connectivity index (χ4n) is 3.46. The highest BCUT2D eigenvalue weighted by Crippen LogP contribution is 2.28. The monoisotopic (exact) mass is 444 g/mol. The minimum atomic E-state index is -0.188. The minimum absolute atomic E-state index is 0.188. The van der Waals surface area contributed by atoms with Crippen LogP contribution in [0.3, 0.4) is 0 Å². The molecule has 3 aromatic carbocycles. The number of halogens is 1. The predicted octanol–water partition coefficient (Wildman–Crippen LogP) is 6.36. The first-order valence-corrected chi connectivity index (χ1v) is 10.9. The number of aryl methyl sites for hydroxylation is 1. The van der Waals surface area contributed by atoms with Crippen molar-refractivity contribution in [2.24, 2.45) is 0 Å². The van der Waals surface area contributed by atoms with Crippen LogP contribution < -0.4 is 5.32 Å². The maximum atomic E-state index is 13.1. The normalized spacial score (nSPS) is 11.0. The van der Waals surface area contributed by atoms with Gasteiger partial charge in [0.25, 0.3) is 5.91 Å². The Hall–Kier alpha value is -3.48. The van der Waals surface area contributed by atoms with E-state index in [2.05, 4.69) is 10.4 Å². The predicted molar refractivity (Wildman–Crippen MR) is 126 cm³/mol. The summed E-state index contributed by atoms with van der Waals surface area (Å²) in [5, 5.41) is 12.8. The largest absolute Gasteiger partial charge is 0.306 e. The quantitative estimate of drug-likeness (QED) is 0.350. The third-order valence-corrected chi connectivity index (χ3v) is 5.99. The first kappa shape index (κ1) is 19.5. The zero-order chi connectivity index (χ0) is 21.4. The van der Waals surface area contributed by atoms with E-state index in [-0.39, 0.29) is 5.91 Å². The maximum Gasteiger partial charge on any atom is 0.257 e. The van der Waals surface area contributed by atoms with Crippen molar-refractivity contribution in [2.45, 2.75) is 6.92 Å². The molecule has 5 nitrogen and oxygen atoms in total. The second kappa shape index (κ2) is 7.98. The Morgan fingerprint density at radius 2 is 1.81 bits per heavy atom. The fourth-order valence-corrected chi connectivity index (χ4v) is 4.38. The van der Waals surface area contributed by atoms with Gasteiger partial charge in [-0.2, -0.15) is 9.78 Å². The topological polar surface area (TPSA) is 59.8 Å². The summed E-state index contributed by atoms with van der Waals surface area (Å²) in [6.07, 6.45) is 0. The summed E-state index contributed by atoms with van der Waals surface area (Å²) in [5.74, 6) is 0.389. The van der Waals surface area contributed by atoms with E-state index < -0.39 is 0 Å². The van der Waals surface area contributed by atoms with E-state index in [9.17, 15) is 4.79 Å². The summed E-state index contributed by atoms with van der Waals surface area (Å²) in [4.78, 5) is 17.8. The summed E-state index contributed by atoms with van der Waals surface area (Å²) in [6.45, 7) is 1.89. The van der Waals surface area contributed by atoms with Crippen LogP contribution in [0.4, 0.5) is 5.82 Å². The van der Waals surface area contributed by atoms with Crippen LogP contribution in [0.5, 0.6) is 0 Å². The molecule has 5 aromatic rings. The molecule has 0 aliphatic heterocycles. The first-order valence-electron chi connectivity index (χ1n) is 9.66. The van der Waals surface area contributed by atoms with Gasteiger partial charge in [-0.3, -0.25) is 4.79 Å². The SMILES string of the molecule is Cc1cc(NC(=O)c2cccc3ccccc23)n(-c2nc(-c3ccc(Cl)cc3)cs2)n1. The minimum Gasteiger partial charge on any atom is -0.306 e. The number of nitrogens with one attached hydrogen (secondary N) is 1. The van der Waals surface area contributed by atoms with Gasteiger partial charge in [0.1, 0.15) is 5.82 Å². The molecular weight excluding hydrogens is 428 g/mol. The number of hydrogen-bond acceptors (Lipinski definition) is 4. The van der Waals surface area contributed by atoms with E-state index in [1.165, 1.54) is 11.3 Å². The Balaban J connectivity index is 1.47. The van der Waals surface area contributed by atoms with E-state index in [0.717, 1.165) is 27.7 Å². The molecule has 1 amide bonds. The zero-order valence-electron chi connectivity index (χ0n) is 16.5. The Labute approximate surface area is 187 Å². The van der Waals surface area contributed by atoms with Crippen LogP contribution in [-0.4, -0.2) is 20.7 Å². The van der Waals surface area contributed by atoms with E-state index in [0.29, 0.717) is 21.5 Å². The number of aromatic nitrogens is 3. The average Bonchev–Trinajstić information content (AvgIpc) is 3.40. The summed E-state index contributed by atoms with van der Waals surface area (Å²) in [6, 6.07) is 22.9. The molecule has 31 heavy (non-hydrogen) atoms. The number of carbonyl (C=O) groups is 1. The summed E-state index contributed by atoms with van der Waals surface area (Å²) in [5.41, 5.74) is 3.20. The zero-order valence-corrected chi connectivity index (χ0v) is 18.1. The molecule has 0 bridgehead atoms. The van der Waals surface area contributed by atoms with Crippen molar-refractivity contribution in [1.82, 2.24) is 14.8 Å². The number of fused-ring (bicyclic) bond motifs is 1. The van der Waals surface area contributed by atoms with Crippen LogP contribution in [-0.2, 0) is 0 Å². The van der Waals surface area contributed by atoms with Gasteiger partial charge >= 0.3 is 0 Å². The number of amides is 1. The Morgan fingerprint density at radius 3 is 2.65 bits per heavy atom. The van der Waals surface area contributed by atoms with Gasteiger partial charge in [-0.05, 0) is 35.9 Å². The van der Waals surface area contributed by atoms with Crippen molar-refractivity contribution < 1.29 is 4.79 Å². The molecule has 0 unspecified atom stereocenters. The molecular formula is C24H17ClN4OS. The molecule has 1 N–H and O–H groups in total. The number of rotatable bonds is 4. The van der Waals surface area contributed by atoms with Gasteiger partial charge in [0, 0.05) is 27.6 Å². The lowest BCUT2D eigenvalue weighted by molar-refractivity contribution is 0.102. The second-order valence-electron chi connectivity index (χ2n) is 7.09. The Kier molecular flexibility index (Phi) is 5.02. The van der Waals surface area contributed by atoms with Crippen molar-refractivity contribution in [2.75, 3.05) is 5.32 Å². The third kappa shape index (κ3) is 3.83. The van der Waals surface area contributed by atoms with Crippen LogP contribution in [0.15, 0.2) is 78.2 Å². The molecule has 2 heterocycles. The van der Waals surface area contributed by atoms with Crippen molar-refractivity contribution in [3.8, 4) is 16.4 Å². The molecule has 0 radical (unpaired) electrons. The van der Waals surface area contributed by atoms with E-state index in [4.69, 9.17) is 16.6 Å². The molecule has 0 saturated heterocycles. The Bertz CT molecular complexity index is 1400. The number of benzene rings is 3. The van der Waals surface area contributed by atoms with Crippen LogP contribution >= 0.6 is 22.9 Å². The molecule has 0 saturated carbocycles. The molecule has 0 spiro atoms. The van der Waals surface area contributed by atoms with Gasteiger partial charge in [0.15, 0.2) is 0 Å². The highest BCUT2D eigenvalue weighted by molar-refractivity contribution is 7.12. The fraction of sp³-hybridized carbons (Fsp3) is 0.0417.